The number of likely N-dealkylation sites (N-methyl/N-ethyl adjacent to an activating group) is 1. The van der Waals surface area contributed by atoms with Crippen LogP contribution in [0.15, 0.2) is 105 Å². The van der Waals surface area contributed by atoms with Crippen molar-refractivity contribution in [2.75, 3.05) is 19.1 Å². The van der Waals surface area contributed by atoms with Crippen molar-refractivity contribution in [2.45, 2.75) is 29.1 Å². The molecule has 0 atom stereocenters. The molecule has 0 amide bonds. The van der Waals surface area contributed by atoms with Gasteiger partial charge in [-0.25, -0.2) is 13.4 Å². The first kappa shape index (κ1) is 24.0. The van der Waals surface area contributed by atoms with E-state index in [2.05, 4.69) is 19.9 Å². The Morgan fingerprint density at radius 3 is 2.47 bits per heavy atom. The van der Waals surface area contributed by atoms with Gasteiger partial charge in [-0.1, -0.05) is 50.2 Å². The van der Waals surface area contributed by atoms with Crippen molar-refractivity contribution in [3.63, 3.8) is 0 Å². The van der Waals surface area contributed by atoms with E-state index in [9.17, 15) is 13.7 Å². The molecule has 0 aliphatic carbocycles. The zero-order valence-electron chi connectivity index (χ0n) is 21.5. The number of methoxy groups -OCH3 is 1. The van der Waals surface area contributed by atoms with E-state index in [0.29, 0.717) is 22.4 Å². The molecule has 0 saturated carbocycles. The van der Waals surface area contributed by atoms with Gasteiger partial charge >= 0.3 is 0 Å². The number of sulfone groups is 1. The van der Waals surface area contributed by atoms with Crippen LogP contribution in [0, 0.1) is 11.3 Å². The first-order valence-electron chi connectivity index (χ1n) is 12.2. The third kappa shape index (κ3) is 3.24. The van der Waals surface area contributed by atoms with Crippen LogP contribution in [0.3, 0.4) is 0 Å². The van der Waals surface area contributed by atoms with Crippen LogP contribution in [-0.2, 0) is 15.3 Å². The Hall–Kier alpha value is -4.41. The minimum Gasteiger partial charge on any atom is -0.497 e. The molecule has 4 aromatic rings. The normalized spacial score (nSPS) is 16.7. The number of nitrogens with zero attached hydrogens (tertiary/aromatic N) is 3. The highest BCUT2D eigenvalue weighted by Crippen LogP contribution is 2.50. The second kappa shape index (κ2) is 8.30. The van der Waals surface area contributed by atoms with Crippen molar-refractivity contribution in [3.05, 3.63) is 101 Å². The van der Waals surface area contributed by atoms with Crippen LogP contribution in [0.5, 0.6) is 5.75 Å². The van der Waals surface area contributed by atoms with Gasteiger partial charge in [0.15, 0.2) is 0 Å². The average molecular weight is 520 g/mol. The van der Waals surface area contributed by atoms with Gasteiger partial charge in [0.05, 0.1) is 33.9 Å². The fourth-order valence-electron chi connectivity index (χ4n) is 5.78. The monoisotopic (exact) mass is 519 g/mol. The molecule has 6 nitrogen and oxygen atoms in total. The van der Waals surface area contributed by atoms with Crippen LogP contribution in [-0.4, -0.2) is 28.3 Å². The van der Waals surface area contributed by atoms with Crippen LogP contribution in [0.2, 0.25) is 0 Å². The number of nitriles is 1. The number of fused-ring (bicyclic) bond motifs is 1. The molecule has 188 valence electrons. The fourth-order valence-corrected chi connectivity index (χ4v) is 7.26. The van der Waals surface area contributed by atoms with Crippen molar-refractivity contribution in [2.24, 2.45) is 4.99 Å². The van der Waals surface area contributed by atoms with Crippen LogP contribution in [0.1, 0.15) is 25.0 Å². The van der Waals surface area contributed by atoms with E-state index in [0.717, 1.165) is 33.6 Å². The maximum Gasteiger partial charge on any atom is 0.207 e. The maximum absolute atomic E-state index is 13.6. The van der Waals surface area contributed by atoms with E-state index in [4.69, 9.17) is 9.73 Å². The van der Waals surface area contributed by atoms with E-state index >= 15 is 0 Å². The zero-order valence-corrected chi connectivity index (χ0v) is 22.3. The lowest BCUT2D eigenvalue weighted by Gasteiger charge is -2.26. The minimum atomic E-state index is -3.75. The van der Waals surface area contributed by atoms with E-state index in [1.807, 2.05) is 48.3 Å². The molecule has 38 heavy (non-hydrogen) atoms. The number of aliphatic imine (C=N–C) groups is 1. The molecule has 0 saturated heterocycles. The van der Waals surface area contributed by atoms with Gasteiger partial charge in [0.25, 0.3) is 0 Å². The molecule has 0 unspecified atom stereocenters. The molecular formula is C31H25N3O3S. The van der Waals surface area contributed by atoms with Crippen molar-refractivity contribution < 1.29 is 13.2 Å². The summed E-state index contributed by atoms with van der Waals surface area (Å²) in [6.07, 6.45) is 0. The predicted octanol–water partition coefficient (Wildman–Crippen LogP) is 6.32. The van der Waals surface area contributed by atoms with Crippen LogP contribution < -0.4 is 9.64 Å². The zero-order chi connectivity index (χ0) is 26.8. The standard InChI is InChI=1S/C31H25N3O3S/c1-31(2)24-17-19(37-4)13-15-26(24)34(3)30(31)23(18-32)29-22-12-8-11-21-27(16-14-25(33-29)28(21)22)38(35,36)20-9-6-5-7-10-20/h5-17H,1-4H3/b30-23-. The van der Waals surface area contributed by atoms with E-state index in [1.165, 1.54) is 0 Å². The minimum absolute atomic E-state index is 0.227. The molecule has 0 radical (unpaired) electrons. The quantitative estimate of drug-likeness (QED) is 0.295. The molecule has 0 bridgehead atoms. The molecule has 4 aromatic carbocycles. The smallest absolute Gasteiger partial charge is 0.207 e. The summed E-state index contributed by atoms with van der Waals surface area (Å²) in [7, 11) is -0.149. The predicted molar refractivity (Wildman–Crippen MR) is 149 cm³/mol. The molecule has 2 aliphatic rings. The van der Waals surface area contributed by atoms with Crippen molar-refractivity contribution in [3.8, 4) is 11.8 Å². The number of ether oxygens (including phenoxy) is 1. The summed E-state index contributed by atoms with van der Waals surface area (Å²) < 4.78 is 32.6. The van der Waals surface area contributed by atoms with Gasteiger partial charge in [-0.2, -0.15) is 5.26 Å². The van der Waals surface area contributed by atoms with Gasteiger partial charge in [-0.05, 0) is 48.0 Å². The lowest BCUT2D eigenvalue weighted by molar-refractivity contribution is 0.413. The van der Waals surface area contributed by atoms with E-state index in [-0.39, 0.29) is 9.79 Å². The lowest BCUT2D eigenvalue weighted by Crippen LogP contribution is -2.27. The van der Waals surface area contributed by atoms with Crippen LogP contribution in [0.25, 0.3) is 10.8 Å². The van der Waals surface area contributed by atoms with Gasteiger partial charge in [0.1, 0.15) is 11.8 Å². The molecule has 2 aliphatic heterocycles. The third-order valence-corrected chi connectivity index (χ3v) is 9.39. The summed E-state index contributed by atoms with van der Waals surface area (Å²) >= 11 is 0. The van der Waals surface area contributed by atoms with Gasteiger partial charge in [0, 0.05) is 40.2 Å². The molecular weight excluding hydrogens is 494 g/mol. The topological polar surface area (TPSA) is 82.8 Å². The Balaban J connectivity index is 1.55. The fraction of sp³-hybridized carbons (Fsp3) is 0.161. The number of allylic oxidation sites excluding steroid dienone is 2. The van der Waals surface area contributed by atoms with Gasteiger partial charge in [-0.15, -0.1) is 0 Å². The Bertz CT molecular complexity index is 1860. The largest absolute Gasteiger partial charge is 0.497 e. The molecule has 0 aromatic heterocycles. The highest BCUT2D eigenvalue weighted by molar-refractivity contribution is 7.91. The number of anilines is 1. The summed E-state index contributed by atoms with van der Waals surface area (Å²) in [5.74, 6) is 0.757. The molecule has 6 rings (SSSR count). The van der Waals surface area contributed by atoms with E-state index < -0.39 is 15.3 Å². The first-order chi connectivity index (χ1) is 18.2. The summed E-state index contributed by atoms with van der Waals surface area (Å²) in [5.41, 5.74) is 4.84. The van der Waals surface area contributed by atoms with Crippen LogP contribution in [0.4, 0.5) is 11.4 Å². The summed E-state index contributed by atoms with van der Waals surface area (Å²) in [6, 6.07) is 25.7. The molecule has 0 fully saturated rings. The van der Waals surface area contributed by atoms with E-state index in [1.54, 1.807) is 49.6 Å². The Kier molecular flexibility index (Phi) is 5.23. The summed E-state index contributed by atoms with van der Waals surface area (Å²) in [5, 5.41) is 11.8. The van der Waals surface area contributed by atoms with Gasteiger partial charge < -0.3 is 9.64 Å². The third-order valence-electron chi connectivity index (χ3n) is 7.56. The van der Waals surface area contributed by atoms with Crippen molar-refractivity contribution in [1.82, 2.24) is 0 Å². The van der Waals surface area contributed by atoms with Gasteiger partial charge in [0.2, 0.25) is 9.84 Å². The Morgan fingerprint density at radius 2 is 1.76 bits per heavy atom. The number of hydrogen-bond acceptors (Lipinski definition) is 6. The lowest BCUT2D eigenvalue weighted by atomic mass is 9.81. The summed E-state index contributed by atoms with van der Waals surface area (Å²) in [4.78, 5) is 7.41. The molecule has 7 heteroatoms. The number of rotatable bonds is 4. The molecule has 0 spiro atoms. The SMILES string of the molecule is COc1ccc2c(c1)C(C)(C)/C(=C(\C#N)C1=Nc3ccc(S(=O)(=O)c4ccccc4)c4cccc1c34)N2C. The maximum atomic E-state index is 13.6. The molecule has 0 N–H and O–H groups in total. The van der Waals surface area contributed by atoms with Crippen molar-refractivity contribution >= 4 is 37.7 Å². The second-order valence-corrected chi connectivity index (χ2v) is 11.9. The van der Waals surface area contributed by atoms with Gasteiger partial charge in [-0.3, -0.25) is 0 Å². The van der Waals surface area contributed by atoms with Crippen LogP contribution >= 0.6 is 0 Å². The first-order valence-corrected chi connectivity index (χ1v) is 13.7. The second-order valence-electron chi connectivity index (χ2n) is 9.99. The highest BCUT2D eigenvalue weighted by atomic mass is 32.2. The number of benzene rings is 4. The highest BCUT2D eigenvalue weighted by Gasteiger charge is 2.42. The number of hydrogen-bond donors (Lipinski definition) is 0. The summed E-state index contributed by atoms with van der Waals surface area (Å²) in [6.45, 7) is 4.18. The van der Waals surface area contributed by atoms with Crippen molar-refractivity contribution in [1.29, 1.82) is 5.26 Å². The average Bonchev–Trinajstić information content (AvgIpc) is 3.39. The Morgan fingerprint density at radius 1 is 1.00 bits per heavy atom. The Labute approximate surface area is 222 Å². The molecule has 2 heterocycles.